The zero-order valence-corrected chi connectivity index (χ0v) is 20.8. The van der Waals surface area contributed by atoms with Crippen molar-refractivity contribution in [3.8, 4) is 17.2 Å². The Hall–Kier alpha value is -4.39. The third kappa shape index (κ3) is 6.18. The Morgan fingerprint density at radius 1 is 0.889 bits per heavy atom. The number of fused-ring (bicyclic) bond motifs is 1. The second-order valence-corrected chi connectivity index (χ2v) is 8.00. The van der Waals surface area contributed by atoms with Crippen LogP contribution in [0.5, 0.6) is 17.2 Å². The van der Waals surface area contributed by atoms with Crippen molar-refractivity contribution in [1.82, 2.24) is 10.4 Å². The fourth-order valence-corrected chi connectivity index (χ4v) is 3.56. The van der Waals surface area contributed by atoms with Gasteiger partial charge in [-0.15, -0.1) is 0 Å². The third-order valence-electron chi connectivity index (χ3n) is 5.49. The predicted octanol–water partition coefficient (Wildman–Crippen LogP) is 6.13. The molecule has 4 aromatic rings. The van der Waals surface area contributed by atoms with Gasteiger partial charge < -0.3 is 14.2 Å². The molecule has 0 radical (unpaired) electrons. The predicted molar refractivity (Wildman–Crippen MR) is 145 cm³/mol. The summed E-state index contributed by atoms with van der Waals surface area (Å²) in [6, 6.07) is 25.2. The van der Waals surface area contributed by atoms with Crippen LogP contribution in [0.4, 0.5) is 5.69 Å². The highest BCUT2D eigenvalue weighted by molar-refractivity contribution is 6.01. The number of benzene rings is 3. The van der Waals surface area contributed by atoms with Gasteiger partial charge in [0.05, 0.1) is 32.6 Å². The van der Waals surface area contributed by atoms with Crippen LogP contribution in [0.1, 0.15) is 31.0 Å². The zero-order valence-electron chi connectivity index (χ0n) is 20.8. The number of nitrogens with zero attached hydrogens (tertiary/aromatic N) is 3. The first kappa shape index (κ1) is 24.7. The standard InChI is InChI=1S/C29H30N4O3/c1-4-5-18-36-27-17-14-21(19-28(27)35-3)20-30-33-29(32-24-12-8-9-13-26(24)34-2)25-16-15-22-10-6-7-11-23(22)31-25/h6-17,19-20H,4-5,18H2,1-3H3,(H,32,33)/b30-20+. The van der Waals surface area contributed by atoms with Crippen LogP contribution in [-0.4, -0.2) is 37.9 Å². The summed E-state index contributed by atoms with van der Waals surface area (Å²) in [5.74, 6) is 2.53. The van der Waals surface area contributed by atoms with E-state index in [-0.39, 0.29) is 0 Å². The first-order valence-electron chi connectivity index (χ1n) is 11.9. The molecule has 1 N–H and O–H groups in total. The first-order valence-corrected chi connectivity index (χ1v) is 11.9. The minimum absolute atomic E-state index is 0.494. The average molecular weight is 483 g/mol. The molecule has 1 heterocycles. The van der Waals surface area contributed by atoms with Gasteiger partial charge in [0.15, 0.2) is 17.3 Å². The van der Waals surface area contributed by atoms with E-state index in [2.05, 4.69) is 17.5 Å². The maximum Gasteiger partial charge on any atom is 0.173 e. The van der Waals surface area contributed by atoms with Gasteiger partial charge in [-0.3, -0.25) is 5.43 Å². The van der Waals surface area contributed by atoms with Crippen molar-refractivity contribution >= 4 is 28.6 Å². The molecule has 4 rings (SSSR count). The second kappa shape index (κ2) is 12.4. The Balaban J connectivity index is 1.62. The molecule has 1 aromatic heterocycles. The smallest absolute Gasteiger partial charge is 0.173 e. The van der Waals surface area contributed by atoms with E-state index in [4.69, 9.17) is 24.2 Å². The lowest BCUT2D eigenvalue weighted by Crippen LogP contribution is -2.20. The maximum absolute atomic E-state index is 5.82. The summed E-state index contributed by atoms with van der Waals surface area (Å²) in [4.78, 5) is 9.57. The molecule has 184 valence electrons. The molecular formula is C29H30N4O3. The summed E-state index contributed by atoms with van der Waals surface area (Å²) in [5, 5.41) is 5.50. The van der Waals surface area contributed by atoms with E-state index < -0.39 is 0 Å². The van der Waals surface area contributed by atoms with Crippen LogP contribution >= 0.6 is 0 Å². The molecule has 0 saturated heterocycles. The normalized spacial score (nSPS) is 11.6. The lowest BCUT2D eigenvalue weighted by atomic mass is 10.2. The summed E-state index contributed by atoms with van der Waals surface area (Å²) >= 11 is 0. The Morgan fingerprint density at radius 3 is 2.53 bits per heavy atom. The van der Waals surface area contributed by atoms with Crippen molar-refractivity contribution in [3.05, 3.63) is 90.1 Å². The number of rotatable bonds is 10. The van der Waals surface area contributed by atoms with Crippen molar-refractivity contribution in [2.45, 2.75) is 19.8 Å². The Morgan fingerprint density at radius 2 is 1.69 bits per heavy atom. The van der Waals surface area contributed by atoms with Gasteiger partial charge in [0, 0.05) is 5.39 Å². The average Bonchev–Trinajstić information content (AvgIpc) is 2.93. The summed E-state index contributed by atoms with van der Waals surface area (Å²) in [5.41, 5.74) is 6.13. The van der Waals surface area contributed by atoms with Crippen LogP contribution in [-0.2, 0) is 0 Å². The van der Waals surface area contributed by atoms with E-state index in [0.29, 0.717) is 35.3 Å². The van der Waals surface area contributed by atoms with Gasteiger partial charge in [0.2, 0.25) is 0 Å². The van der Waals surface area contributed by atoms with E-state index in [0.717, 1.165) is 35.1 Å². The SMILES string of the molecule is CCCCOc1ccc(/C=N/NC(=Nc2ccccc2OC)c2ccc3ccccc3n2)cc1OC. The number of unbranched alkanes of at least 4 members (excludes halogenated alkanes) is 1. The van der Waals surface area contributed by atoms with E-state index in [9.17, 15) is 0 Å². The van der Waals surface area contributed by atoms with Crippen molar-refractivity contribution in [3.63, 3.8) is 0 Å². The molecule has 0 amide bonds. The summed E-state index contributed by atoms with van der Waals surface area (Å²) in [6.45, 7) is 2.79. The van der Waals surface area contributed by atoms with Gasteiger partial charge in [-0.25, -0.2) is 9.98 Å². The van der Waals surface area contributed by atoms with Gasteiger partial charge in [-0.05, 0) is 54.4 Å². The maximum atomic E-state index is 5.82. The molecule has 0 unspecified atom stereocenters. The molecule has 0 bridgehead atoms. The van der Waals surface area contributed by atoms with Crippen molar-refractivity contribution < 1.29 is 14.2 Å². The van der Waals surface area contributed by atoms with E-state index in [1.807, 2.05) is 78.9 Å². The van der Waals surface area contributed by atoms with Crippen LogP contribution in [0, 0.1) is 0 Å². The highest BCUT2D eigenvalue weighted by atomic mass is 16.5. The van der Waals surface area contributed by atoms with Crippen molar-refractivity contribution in [1.29, 1.82) is 0 Å². The summed E-state index contributed by atoms with van der Waals surface area (Å²) in [6.07, 6.45) is 3.77. The fourth-order valence-electron chi connectivity index (χ4n) is 3.56. The van der Waals surface area contributed by atoms with Gasteiger partial charge in [0.25, 0.3) is 0 Å². The fraction of sp³-hybridized carbons (Fsp3) is 0.207. The highest BCUT2D eigenvalue weighted by Crippen LogP contribution is 2.28. The lowest BCUT2D eigenvalue weighted by molar-refractivity contribution is 0.288. The number of methoxy groups -OCH3 is 2. The second-order valence-electron chi connectivity index (χ2n) is 8.00. The molecule has 0 aliphatic heterocycles. The number of para-hydroxylation sites is 3. The molecule has 0 aliphatic rings. The number of ether oxygens (including phenoxy) is 3. The minimum atomic E-state index is 0.494. The van der Waals surface area contributed by atoms with Crippen LogP contribution in [0.25, 0.3) is 10.9 Å². The first-order chi connectivity index (χ1) is 17.7. The largest absolute Gasteiger partial charge is 0.494 e. The Labute approximate surface area is 211 Å². The molecule has 3 aromatic carbocycles. The van der Waals surface area contributed by atoms with Crippen LogP contribution in [0.2, 0.25) is 0 Å². The highest BCUT2D eigenvalue weighted by Gasteiger charge is 2.09. The Bertz CT molecular complexity index is 1370. The number of hydrogen-bond donors (Lipinski definition) is 1. The lowest BCUT2D eigenvalue weighted by Gasteiger charge is -2.11. The van der Waals surface area contributed by atoms with Gasteiger partial charge in [-0.1, -0.05) is 49.7 Å². The van der Waals surface area contributed by atoms with Crippen LogP contribution in [0.15, 0.2) is 89.0 Å². The van der Waals surface area contributed by atoms with E-state index in [1.54, 1.807) is 20.4 Å². The summed E-state index contributed by atoms with van der Waals surface area (Å²) in [7, 11) is 3.25. The topological polar surface area (TPSA) is 77.3 Å². The van der Waals surface area contributed by atoms with Crippen molar-refractivity contribution in [2.24, 2.45) is 10.1 Å². The number of aliphatic imine (C=N–C) groups is 1. The molecule has 0 aliphatic carbocycles. The molecule has 0 spiro atoms. The van der Waals surface area contributed by atoms with E-state index in [1.165, 1.54) is 0 Å². The number of hydrazone groups is 1. The molecule has 0 atom stereocenters. The number of pyridine rings is 1. The zero-order chi connectivity index (χ0) is 25.2. The number of hydrogen-bond acceptors (Lipinski definition) is 6. The molecular weight excluding hydrogens is 452 g/mol. The number of nitrogens with one attached hydrogen (secondary N) is 1. The monoisotopic (exact) mass is 482 g/mol. The Kier molecular flexibility index (Phi) is 8.48. The minimum Gasteiger partial charge on any atom is -0.494 e. The molecule has 0 saturated carbocycles. The van der Waals surface area contributed by atoms with Crippen LogP contribution < -0.4 is 19.6 Å². The number of amidine groups is 1. The molecule has 0 fully saturated rings. The van der Waals surface area contributed by atoms with Gasteiger partial charge >= 0.3 is 0 Å². The van der Waals surface area contributed by atoms with Crippen LogP contribution in [0.3, 0.4) is 0 Å². The third-order valence-corrected chi connectivity index (χ3v) is 5.49. The van der Waals surface area contributed by atoms with E-state index >= 15 is 0 Å². The molecule has 7 nitrogen and oxygen atoms in total. The quantitative estimate of drug-likeness (QED) is 0.127. The van der Waals surface area contributed by atoms with Gasteiger partial charge in [-0.2, -0.15) is 5.10 Å². The number of aromatic nitrogens is 1. The van der Waals surface area contributed by atoms with Gasteiger partial charge in [0.1, 0.15) is 17.1 Å². The van der Waals surface area contributed by atoms with Crippen molar-refractivity contribution in [2.75, 3.05) is 20.8 Å². The summed E-state index contributed by atoms with van der Waals surface area (Å²) < 4.78 is 16.8. The molecule has 36 heavy (non-hydrogen) atoms. The molecule has 7 heteroatoms.